The quantitative estimate of drug-likeness (QED) is 0.913. The summed E-state index contributed by atoms with van der Waals surface area (Å²) in [6.45, 7) is 2.41. The van der Waals surface area contributed by atoms with Gasteiger partial charge in [-0.1, -0.05) is 0 Å². The van der Waals surface area contributed by atoms with Crippen LogP contribution in [0.1, 0.15) is 21.1 Å². The van der Waals surface area contributed by atoms with Gasteiger partial charge >= 0.3 is 0 Å². The van der Waals surface area contributed by atoms with Crippen LogP contribution < -0.4 is 5.73 Å². The van der Waals surface area contributed by atoms with Gasteiger partial charge in [0.05, 0.1) is 22.8 Å². The predicted molar refractivity (Wildman–Crippen MR) is 71.3 cm³/mol. The highest BCUT2D eigenvalue weighted by Crippen LogP contribution is 2.14. The maximum Gasteiger partial charge on any atom is 0.257 e. The number of thiazole rings is 1. The Balaban J connectivity index is 2.12. The second-order valence-electron chi connectivity index (χ2n) is 3.96. The summed E-state index contributed by atoms with van der Waals surface area (Å²) in [5.41, 5.74) is 6.99. The first-order chi connectivity index (χ1) is 8.58. The fourth-order valence-electron chi connectivity index (χ4n) is 1.60. The van der Waals surface area contributed by atoms with E-state index < -0.39 is 0 Å². The van der Waals surface area contributed by atoms with Crippen LogP contribution in [0.15, 0.2) is 23.7 Å². The molecule has 0 aliphatic rings. The molecular weight excluding hydrogens is 248 g/mol. The van der Waals surface area contributed by atoms with Crippen LogP contribution >= 0.6 is 11.3 Å². The maximum absolute atomic E-state index is 12.2. The van der Waals surface area contributed by atoms with Crippen molar-refractivity contribution in [2.75, 3.05) is 12.8 Å². The summed E-state index contributed by atoms with van der Waals surface area (Å²) in [5.74, 6) is 0.107. The van der Waals surface area contributed by atoms with E-state index in [9.17, 15) is 4.79 Å². The van der Waals surface area contributed by atoms with Gasteiger partial charge in [0.1, 0.15) is 5.82 Å². The van der Waals surface area contributed by atoms with E-state index in [1.807, 2.05) is 12.3 Å². The van der Waals surface area contributed by atoms with Crippen molar-refractivity contribution in [1.29, 1.82) is 0 Å². The standard InChI is InChI=1S/C12H14N4OS/c1-8-15-9(7-18-8)6-16(2)12(17)10-4-3-5-14-11(10)13/h3-5,7H,6H2,1-2H3,(H2,13,14). The third kappa shape index (κ3) is 2.65. The largest absolute Gasteiger partial charge is 0.383 e. The van der Waals surface area contributed by atoms with Crippen molar-refractivity contribution in [3.8, 4) is 0 Å². The van der Waals surface area contributed by atoms with Gasteiger partial charge < -0.3 is 10.6 Å². The minimum atomic E-state index is -0.147. The number of carbonyl (C=O) groups is 1. The lowest BCUT2D eigenvalue weighted by Gasteiger charge is -2.16. The average molecular weight is 262 g/mol. The Morgan fingerprint density at radius 2 is 2.33 bits per heavy atom. The van der Waals surface area contributed by atoms with Gasteiger partial charge in [-0.05, 0) is 19.1 Å². The lowest BCUT2D eigenvalue weighted by atomic mass is 10.2. The third-order valence-electron chi connectivity index (χ3n) is 2.48. The first-order valence-corrected chi connectivity index (χ1v) is 6.33. The molecule has 6 heteroatoms. The molecule has 0 saturated carbocycles. The van der Waals surface area contributed by atoms with Gasteiger partial charge in [0.15, 0.2) is 0 Å². The Morgan fingerprint density at radius 3 is 2.94 bits per heavy atom. The SMILES string of the molecule is Cc1nc(CN(C)C(=O)c2cccnc2N)cs1. The molecule has 2 N–H and O–H groups in total. The van der Waals surface area contributed by atoms with Crippen LogP contribution in [0.2, 0.25) is 0 Å². The predicted octanol–water partition coefficient (Wildman–Crippen LogP) is 1.70. The smallest absolute Gasteiger partial charge is 0.257 e. The van der Waals surface area contributed by atoms with Crippen LogP contribution in [0.4, 0.5) is 5.82 Å². The highest BCUT2D eigenvalue weighted by Gasteiger charge is 2.16. The normalized spacial score (nSPS) is 10.3. The topological polar surface area (TPSA) is 72.1 Å². The maximum atomic E-state index is 12.2. The zero-order chi connectivity index (χ0) is 13.1. The van der Waals surface area contributed by atoms with E-state index in [4.69, 9.17) is 5.73 Å². The first kappa shape index (κ1) is 12.5. The van der Waals surface area contributed by atoms with E-state index in [2.05, 4.69) is 9.97 Å². The number of pyridine rings is 1. The Kier molecular flexibility index (Phi) is 3.57. The molecule has 94 valence electrons. The molecule has 2 heterocycles. The summed E-state index contributed by atoms with van der Waals surface area (Å²) < 4.78 is 0. The molecule has 0 aliphatic carbocycles. The minimum absolute atomic E-state index is 0.147. The molecule has 0 spiro atoms. The fourth-order valence-corrected chi connectivity index (χ4v) is 2.20. The van der Waals surface area contributed by atoms with Gasteiger partial charge in [-0.15, -0.1) is 11.3 Å². The summed E-state index contributed by atoms with van der Waals surface area (Å²) in [6, 6.07) is 3.37. The molecule has 0 saturated heterocycles. The van der Waals surface area contributed by atoms with Crippen LogP contribution in [0.25, 0.3) is 0 Å². The van der Waals surface area contributed by atoms with E-state index in [0.29, 0.717) is 12.1 Å². The summed E-state index contributed by atoms with van der Waals surface area (Å²) in [7, 11) is 1.73. The third-order valence-corrected chi connectivity index (χ3v) is 3.30. The Hall–Kier alpha value is -1.95. The number of aryl methyl sites for hydroxylation is 1. The van der Waals surface area contributed by atoms with Crippen molar-refractivity contribution in [2.45, 2.75) is 13.5 Å². The second kappa shape index (κ2) is 5.14. The van der Waals surface area contributed by atoms with Crippen LogP contribution in [-0.4, -0.2) is 27.8 Å². The van der Waals surface area contributed by atoms with Crippen molar-refractivity contribution < 1.29 is 4.79 Å². The molecule has 2 aromatic heterocycles. The van der Waals surface area contributed by atoms with E-state index in [0.717, 1.165) is 10.7 Å². The first-order valence-electron chi connectivity index (χ1n) is 5.45. The number of nitrogen functional groups attached to an aromatic ring is 1. The van der Waals surface area contributed by atoms with Crippen molar-refractivity contribution in [3.63, 3.8) is 0 Å². The van der Waals surface area contributed by atoms with E-state index in [-0.39, 0.29) is 11.7 Å². The van der Waals surface area contributed by atoms with E-state index in [1.165, 1.54) is 0 Å². The molecule has 0 aromatic carbocycles. The number of nitrogens with two attached hydrogens (primary N) is 1. The minimum Gasteiger partial charge on any atom is -0.383 e. The van der Waals surface area contributed by atoms with Gasteiger partial charge in [0.25, 0.3) is 5.91 Å². The Bertz CT molecular complexity index is 567. The molecular formula is C12H14N4OS. The number of amides is 1. The van der Waals surface area contributed by atoms with Gasteiger partial charge in [-0.2, -0.15) is 0 Å². The monoisotopic (exact) mass is 262 g/mol. The number of rotatable bonds is 3. The molecule has 0 bridgehead atoms. The number of carbonyl (C=O) groups excluding carboxylic acids is 1. The molecule has 18 heavy (non-hydrogen) atoms. The number of anilines is 1. The summed E-state index contributed by atoms with van der Waals surface area (Å²) >= 11 is 1.57. The lowest BCUT2D eigenvalue weighted by Crippen LogP contribution is -2.27. The Labute approximate surface area is 109 Å². The average Bonchev–Trinajstić information content (AvgIpc) is 2.74. The van der Waals surface area contributed by atoms with Crippen molar-refractivity contribution in [3.05, 3.63) is 40.0 Å². The van der Waals surface area contributed by atoms with Crippen molar-refractivity contribution in [2.24, 2.45) is 0 Å². The second-order valence-corrected chi connectivity index (χ2v) is 5.02. The molecule has 0 unspecified atom stereocenters. The number of hydrogen-bond donors (Lipinski definition) is 1. The summed E-state index contributed by atoms with van der Waals surface area (Å²) in [4.78, 5) is 22.0. The molecule has 2 rings (SSSR count). The highest BCUT2D eigenvalue weighted by atomic mass is 32.1. The van der Waals surface area contributed by atoms with Crippen LogP contribution in [0.3, 0.4) is 0 Å². The van der Waals surface area contributed by atoms with Crippen LogP contribution in [-0.2, 0) is 6.54 Å². The van der Waals surface area contributed by atoms with Crippen molar-refractivity contribution >= 4 is 23.1 Å². The summed E-state index contributed by atoms with van der Waals surface area (Å²) in [6.07, 6.45) is 1.57. The fraction of sp³-hybridized carbons (Fsp3) is 0.250. The van der Waals surface area contributed by atoms with Gasteiger partial charge in [-0.25, -0.2) is 9.97 Å². The summed E-state index contributed by atoms with van der Waals surface area (Å²) in [5, 5.41) is 2.94. The molecule has 0 aliphatic heterocycles. The van der Waals surface area contributed by atoms with Gasteiger partial charge in [0, 0.05) is 18.6 Å². The number of hydrogen-bond acceptors (Lipinski definition) is 5. The molecule has 2 aromatic rings. The number of nitrogens with zero attached hydrogens (tertiary/aromatic N) is 3. The van der Waals surface area contributed by atoms with Gasteiger partial charge in [0.2, 0.25) is 0 Å². The Morgan fingerprint density at radius 1 is 1.56 bits per heavy atom. The van der Waals surface area contributed by atoms with E-state index >= 15 is 0 Å². The molecule has 1 amide bonds. The lowest BCUT2D eigenvalue weighted by molar-refractivity contribution is 0.0784. The molecule has 0 fully saturated rings. The molecule has 5 nitrogen and oxygen atoms in total. The zero-order valence-corrected chi connectivity index (χ0v) is 11.1. The van der Waals surface area contributed by atoms with E-state index in [1.54, 1.807) is 41.6 Å². The molecule has 0 radical (unpaired) electrons. The van der Waals surface area contributed by atoms with Crippen LogP contribution in [0.5, 0.6) is 0 Å². The van der Waals surface area contributed by atoms with Crippen molar-refractivity contribution in [1.82, 2.24) is 14.9 Å². The van der Waals surface area contributed by atoms with Gasteiger partial charge in [-0.3, -0.25) is 4.79 Å². The highest BCUT2D eigenvalue weighted by molar-refractivity contribution is 7.09. The zero-order valence-electron chi connectivity index (χ0n) is 10.3. The number of aromatic nitrogens is 2. The molecule has 0 atom stereocenters. The van der Waals surface area contributed by atoms with Crippen LogP contribution in [0, 0.1) is 6.92 Å².